The molecule has 0 saturated carbocycles. The first-order valence-corrected chi connectivity index (χ1v) is 13.0. The Kier molecular flexibility index (Phi) is 8.17. The summed E-state index contributed by atoms with van der Waals surface area (Å²) in [4.78, 5) is 40.8. The van der Waals surface area contributed by atoms with E-state index in [0.29, 0.717) is 39.1 Å². The number of hydrogen-bond acceptors (Lipinski definition) is 6. The van der Waals surface area contributed by atoms with E-state index in [1.165, 1.54) is 33.1 Å². The molecule has 11 heteroatoms. The largest absolute Gasteiger partial charge is 0.466 e. The van der Waals surface area contributed by atoms with Gasteiger partial charge in [-0.05, 0) is 38.7 Å². The van der Waals surface area contributed by atoms with Crippen molar-refractivity contribution in [3.63, 3.8) is 0 Å². The summed E-state index contributed by atoms with van der Waals surface area (Å²) in [7, 11) is -0.529. The van der Waals surface area contributed by atoms with Gasteiger partial charge in [0.25, 0.3) is 5.91 Å². The van der Waals surface area contributed by atoms with Crippen molar-refractivity contribution in [3.8, 4) is 0 Å². The molecular weight excluding hydrogens is 448 g/mol. The van der Waals surface area contributed by atoms with E-state index in [1.807, 2.05) is 0 Å². The molecule has 2 aliphatic rings. The van der Waals surface area contributed by atoms with E-state index in [2.05, 4.69) is 0 Å². The van der Waals surface area contributed by atoms with Crippen LogP contribution in [-0.4, -0.2) is 91.3 Å². The Morgan fingerprint density at radius 1 is 1.12 bits per heavy atom. The molecule has 184 valence electrons. The SMILES string of the molecule is CCOC(=O)C1CCCN(C(=O)CN(C)C(=O)c2cc(S(=O)(=O)N3CCCCC3)cn2C)C1. The molecule has 10 nitrogen and oxygen atoms in total. The number of piperidine rings is 2. The van der Waals surface area contributed by atoms with E-state index in [-0.39, 0.29) is 41.5 Å². The van der Waals surface area contributed by atoms with Crippen LogP contribution in [0.4, 0.5) is 0 Å². The smallest absolute Gasteiger partial charge is 0.310 e. The Hall–Kier alpha value is -2.40. The van der Waals surface area contributed by atoms with Crippen LogP contribution >= 0.6 is 0 Å². The second-order valence-corrected chi connectivity index (χ2v) is 10.7. The standard InChI is InChI=1S/C22H34N4O6S/c1-4-32-22(29)17-9-8-10-25(14-17)20(27)16-24(3)21(28)19-13-18(15-23(19)2)33(30,31)26-11-6-5-7-12-26/h13,15,17H,4-12,14,16H2,1-3H3. The second kappa shape index (κ2) is 10.7. The summed E-state index contributed by atoms with van der Waals surface area (Å²) in [5.41, 5.74) is 0.198. The maximum absolute atomic E-state index is 13.0. The third-order valence-corrected chi connectivity index (χ3v) is 8.13. The fourth-order valence-corrected chi connectivity index (χ4v) is 5.96. The Bertz CT molecular complexity index is 983. The summed E-state index contributed by atoms with van der Waals surface area (Å²) < 4.78 is 33.9. The van der Waals surface area contributed by atoms with Gasteiger partial charge in [0.1, 0.15) is 10.6 Å². The minimum atomic E-state index is -3.66. The van der Waals surface area contributed by atoms with Crippen molar-refractivity contribution in [1.29, 1.82) is 0 Å². The minimum Gasteiger partial charge on any atom is -0.466 e. The molecule has 2 amide bonds. The van der Waals surface area contributed by atoms with Crippen LogP contribution in [-0.2, 0) is 31.4 Å². The van der Waals surface area contributed by atoms with Crippen molar-refractivity contribution >= 4 is 27.8 Å². The van der Waals surface area contributed by atoms with Crippen molar-refractivity contribution in [1.82, 2.24) is 18.7 Å². The van der Waals surface area contributed by atoms with Crippen LogP contribution in [0.25, 0.3) is 0 Å². The highest BCUT2D eigenvalue weighted by Crippen LogP contribution is 2.23. The summed E-state index contributed by atoms with van der Waals surface area (Å²) in [5, 5.41) is 0. The number of nitrogens with zero attached hydrogens (tertiary/aromatic N) is 4. The molecule has 1 aromatic heterocycles. The molecule has 1 aromatic rings. The van der Waals surface area contributed by atoms with Crippen molar-refractivity contribution < 1.29 is 27.5 Å². The zero-order valence-corrected chi connectivity index (χ0v) is 20.5. The summed E-state index contributed by atoms with van der Waals surface area (Å²) >= 11 is 0. The summed E-state index contributed by atoms with van der Waals surface area (Å²) in [5.74, 6) is -1.34. The molecule has 0 N–H and O–H groups in total. The first-order chi connectivity index (χ1) is 15.6. The highest BCUT2D eigenvalue weighted by atomic mass is 32.2. The fraction of sp³-hybridized carbons (Fsp3) is 0.682. The van der Waals surface area contributed by atoms with Gasteiger partial charge in [-0.15, -0.1) is 0 Å². The molecule has 2 saturated heterocycles. The van der Waals surface area contributed by atoms with Gasteiger partial charge in [-0.25, -0.2) is 8.42 Å². The Morgan fingerprint density at radius 3 is 2.48 bits per heavy atom. The zero-order valence-electron chi connectivity index (χ0n) is 19.7. The lowest BCUT2D eigenvalue weighted by Crippen LogP contribution is -2.47. The molecule has 3 rings (SSSR count). The number of aromatic nitrogens is 1. The lowest BCUT2D eigenvalue weighted by molar-refractivity contribution is -0.151. The normalized spacial score (nSPS) is 19.8. The summed E-state index contributed by atoms with van der Waals surface area (Å²) in [6.45, 7) is 3.66. The molecule has 0 aromatic carbocycles. The molecule has 1 atom stereocenters. The van der Waals surface area contributed by atoms with Crippen LogP contribution in [0.3, 0.4) is 0 Å². The highest BCUT2D eigenvalue weighted by Gasteiger charge is 2.32. The number of carbonyl (C=O) groups is 3. The highest BCUT2D eigenvalue weighted by molar-refractivity contribution is 7.89. The van der Waals surface area contributed by atoms with Gasteiger partial charge in [0.05, 0.1) is 19.1 Å². The maximum Gasteiger partial charge on any atom is 0.310 e. The third-order valence-electron chi connectivity index (χ3n) is 6.26. The predicted octanol–water partition coefficient (Wildman–Crippen LogP) is 1.07. The van der Waals surface area contributed by atoms with Crippen LogP contribution < -0.4 is 0 Å². The van der Waals surface area contributed by atoms with E-state index < -0.39 is 15.9 Å². The topological polar surface area (TPSA) is 109 Å². The molecule has 1 unspecified atom stereocenters. The van der Waals surface area contributed by atoms with E-state index in [4.69, 9.17) is 4.74 Å². The third kappa shape index (κ3) is 5.75. The number of aryl methyl sites for hydroxylation is 1. The van der Waals surface area contributed by atoms with Crippen LogP contribution in [0, 0.1) is 5.92 Å². The lowest BCUT2D eigenvalue weighted by atomic mass is 9.98. The van der Waals surface area contributed by atoms with Gasteiger partial charge in [0.2, 0.25) is 15.9 Å². The van der Waals surface area contributed by atoms with Gasteiger partial charge in [0, 0.05) is 46.5 Å². The van der Waals surface area contributed by atoms with Gasteiger partial charge in [-0.2, -0.15) is 4.31 Å². The number of amides is 2. The number of likely N-dealkylation sites (tertiary alicyclic amines) is 1. The number of hydrogen-bond donors (Lipinski definition) is 0. The number of carbonyl (C=O) groups excluding carboxylic acids is 3. The molecular formula is C22H34N4O6S. The monoisotopic (exact) mass is 482 g/mol. The number of likely N-dealkylation sites (N-methyl/N-ethyl adjacent to an activating group) is 1. The van der Waals surface area contributed by atoms with Crippen molar-refractivity contribution in [2.75, 3.05) is 46.4 Å². The quantitative estimate of drug-likeness (QED) is 0.538. The maximum atomic E-state index is 13.0. The fourth-order valence-electron chi connectivity index (χ4n) is 4.37. The number of esters is 1. The molecule has 3 heterocycles. The second-order valence-electron chi connectivity index (χ2n) is 8.73. The molecule has 33 heavy (non-hydrogen) atoms. The van der Waals surface area contributed by atoms with Crippen LogP contribution in [0.5, 0.6) is 0 Å². The molecule has 0 aliphatic carbocycles. The van der Waals surface area contributed by atoms with E-state index in [0.717, 1.165) is 19.3 Å². The van der Waals surface area contributed by atoms with E-state index in [1.54, 1.807) is 18.9 Å². The van der Waals surface area contributed by atoms with Crippen LogP contribution in [0.1, 0.15) is 49.5 Å². The van der Waals surface area contributed by atoms with Gasteiger partial charge in [-0.1, -0.05) is 6.42 Å². The minimum absolute atomic E-state index is 0.0864. The van der Waals surface area contributed by atoms with Crippen LogP contribution in [0.15, 0.2) is 17.2 Å². The molecule has 0 spiro atoms. The van der Waals surface area contributed by atoms with Gasteiger partial charge < -0.3 is 19.1 Å². The Labute approximate surface area is 195 Å². The molecule has 2 fully saturated rings. The lowest BCUT2D eigenvalue weighted by Gasteiger charge is -2.32. The van der Waals surface area contributed by atoms with Gasteiger partial charge in [0.15, 0.2) is 0 Å². The van der Waals surface area contributed by atoms with Gasteiger partial charge in [-0.3, -0.25) is 14.4 Å². The average molecular weight is 483 g/mol. The first kappa shape index (κ1) is 25.2. The summed E-state index contributed by atoms with van der Waals surface area (Å²) in [6, 6.07) is 1.38. The predicted molar refractivity (Wildman–Crippen MR) is 121 cm³/mol. The van der Waals surface area contributed by atoms with Crippen LogP contribution in [0.2, 0.25) is 0 Å². The number of rotatable bonds is 7. The Morgan fingerprint density at radius 2 is 1.82 bits per heavy atom. The molecule has 2 aliphatic heterocycles. The van der Waals surface area contributed by atoms with E-state index in [9.17, 15) is 22.8 Å². The van der Waals surface area contributed by atoms with Crippen molar-refractivity contribution in [2.24, 2.45) is 13.0 Å². The Balaban J connectivity index is 1.65. The van der Waals surface area contributed by atoms with Crippen molar-refractivity contribution in [2.45, 2.75) is 43.9 Å². The van der Waals surface area contributed by atoms with E-state index >= 15 is 0 Å². The summed E-state index contributed by atoms with van der Waals surface area (Å²) in [6.07, 6.45) is 5.49. The van der Waals surface area contributed by atoms with Crippen molar-refractivity contribution in [3.05, 3.63) is 18.0 Å². The van der Waals surface area contributed by atoms with Gasteiger partial charge >= 0.3 is 5.97 Å². The molecule has 0 bridgehead atoms. The zero-order chi connectivity index (χ0) is 24.2. The number of sulfonamides is 1. The first-order valence-electron chi connectivity index (χ1n) is 11.5. The number of ether oxygens (including phenoxy) is 1. The molecule has 0 radical (unpaired) electrons. The average Bonchev–Trinajstić information content (AvgIpc) is 3.21.